The fourth-order valence-electron chi connectivity index (χ4n) is 1.94. The summed E-state index contributed by atoms with van der Waals surface area (Å²) in [7, 11) is 0. The van der Waals surface area contributed by atoms with Crippen molar-refractivity contribution in [2.24, 2.45) is 0 Å². The van der Waals surface area contributed by atoms with Gasteiger partial charge in [0.05, 0.1) is 11.6 Å². The molecule has 118 valence electrons. The number of carbonyl (C=O) groups excluding carboxylic acids is 1. The Morgan fingerprint density at radius 1 is 1.41 bits per heavy atom. The maximum atomic E-state index is 12.0. The Balaban J connectivity index is 1.81. The standard InChI is InChI=1S/C15H17Cl2N3O2/c1-2-7-20-8-5-18-14(20)15(21)19-6-9-22-13-4-3-11(16)10-12(13)17/h3-5,8,10H,2,6-7,9H2,1H3,(H,19,21). The van der Waals surface area contributed by atoms with E-state index < -0.39 is 0 Å². The van der Waals surface area contributed by atoms with Crippen LogP contribution in [-0.4, -0.2) is 28.6 Å². The number of benzene rings is 1. The number of hydrogen-bond acceptors (Lipinski definition) is 3. The van der Waals surface area contributed by atoms with Crippen LogP contribution in [0.25, 0.3) is 0 Å². The molecule has 22 heavy (non-hydrogen) atoms. The summed E-state index contributed by atoms with van der Waals surface area (Å²) in [5.74, 6) is 0.725. The summed E-state index contributed by atoms with van der Waals surface area (Å²) in [5, 5.41) is 3.76. The molecule has 1 aromatic carbocycles. The second kappa shape index (κ2) is 8.06. The molecule has 1 aromatic heterocycles. The van der Waals surface area contributed by atoms with Crippen molar-refractivity contribution in [1.29, 1.82) is 0 Å². The van der Waals surface area contributed by atoms with Crippen LogP contribution in [0.3, 0.4) is 0 Å². The Hall–Kier alpha value is -1.72. The summed E-state index contributed by atoms with van der Waals surface area (Å²) in [6, 6.07) is 5.00. The molecular weight excluding hydrogens is 325 g/mol. The zero-order valence-electron chi connectivity index (χ0n) is 12.2. The first-order chi connectivity index (χ1) is 10.6. The number of amides is 1. The van der Waals surface area contributed by atoms with E-state index in [1.807, 2.05) is 11.5 Å². The summed E-state index contributed by atoms with van der Waals surface area (Å²) >= 11 is 11.8. The number of nitrogens with zero attached hydrogens (tertiary/aromatic N) is 2. The lowest BCUT2D eigenvalue weighted by atomic mass is 10.3. The van der Waals surface area contributed by atoms with E-state index in [2.05, 4.69) is 10.3 Å². The molecule has 0 aliphatic heterocycles. The van der Waals surface area contributed by atoms with E-state index in [0.717, 1.165) is 13.0 Å². The van der Waals surface area contributed by atoms with Gasteiger partial charge in [-0.1, -0.05) is 30.1 Å². The van der Waals surface area contributed by atoms with Crippen molar-refractivity contribution in [1.82, 2.24) is 14.9 Å². The minimum Gasteiger partial charge on any atom is -0.490 e. The second-order valence-corrected chi connectivity index (χ2v) is 5.47. The van der Waals surface area contributed by atoms with Gasteiger partial charge < -0.3 is 14.6 Å². The fraction of sp³-hybridized carbons (Fsp3) is 0.333. The smallest absolute Gasteiger partial charge is 0.287 e. The molecule has 0 unspecified atom stereocenters. The predicted octanol–water partition coefficient (Wildman–Crippen LogP) is 3.41. The monoisotopic (exact) mass is 341 g/mol. The van der Waals surface area contributed by atoms with Gasteiger partial charge in [-0.15, -0.1) is 0 Å². The Labute approximate surface area is 139 Å². The summed E-state index contributed by atoms with van der Waals surface area (Å²) in [6.45, 7) is 3.48. The Kier molecular flexibility index (Phi) is 6.10. The largest absolute Gasteiger partial charge is 0.490 e. The first-order valence-corrected chi connectivity index (χ1v) is 7.74. The number of aromatic nitrogens is 2. The van der Waals surface area contributed by atoms with Crippen molar-refractivity contribution < 1.29 is 9.53 Å². The van der Waals surface area contributed by atoms with Crippen molar-refractivity contribution in [2.75, 3.05) is 13.2 Å². The Morgan fingerprint density at radius 3 is 2.95 bits per heavy atom. The fourth-order valence-corrected chi connectivity index (χ4v) is 2.40. The highest BCUT2D eigenvalue weighted by Crippen LogP contribution is 2.27. The van der Waals surface area contributed by atoms with Crippen molar-refractivity contribution in [3.8, 4) is 5.75 Å². The average molecular weight is 342 g/mol. The average Bonchev–Trinajstić information content (AvgIpc) is 2.94. The third-order valence-corrected chi connectivity index (χ3v) is 3.45. The normalized spacial score (nSPS) is 10.5. The molecular formula is C15H17Cl2N3O2. The molecule has 5 nitrogen and oxygen atoms in total. The summed E-state index contributed by atoms with van der Waals surface area (Å²) < 4.78 is 7.33. The van der Waals surface area contributed by atoms with Crippen molar-refractivity contribution in [3.63, 3.8) is 0 Å². The molecule has 0 fully saturated rings. The van der Waals surface area contributed by atoms with Gasteiger partial charge in [-0.25, -0.2) is 4.98 Å². The van der Waals surface area contributed by atoms with Gasteiger partial charge in [-0.05, 0) is 24.6 Å². The lowest BCUT2D eigenvalue weighted by molar-refractivity contribution is 0.0932. The first kappa shape index (κ1) is 16.6. The SMILES string of the molecule is CCCn1ccnc1C(=O)NCCOc1ccc(Cl)cc1Cl. The van der Waals surface area contributed by atoms with E-state index in [-0.39, 0.29) is 5.91 Å². The molecule has 0 aliphatic carbocycles. The van der Waals surface area contributed by atoms with Crippen LogP contribution in [0.5, 0.6) is 5.75 Å². The lowest BCUT2D eigenvalue weighted by Crippen LogP contribution is -2.30. The van der Waals surface area contributed by atoms with Crippen LogP contribution < -0.4 is 10.1 Å². The van der Waals surface area contributed by atoms with Crippen LogP contribution in [-0.2, 0) is 6.54 Å². The highest BCUT2D eigenvalue weighted by Gasteiger charge is 2.11. The third-order valence-electron chi connectivity index (χ3n) is 2.92. The van der Waals surface area contributed by atoms with Crippen LogP contribution in [0, 0.1) is 0 Å². The molecule has 1 amide bonds. The molecule has 0 radical (unpaired) electrons. The highest BCUT2D eigenvalue weighted by atomic mass is 35.5. The van der Waals surface area contributed by atoms with Crippen LogP contribution in [0.1, 0.15) is 24.0 Å². The van der Waals surface area contributed by atoms with E-state index in [1.54, 1.807) is 30.6 Å². The topological polar surface area (TPSA) is 56.2 Å². The molecule has 0 aliphatic rings. The molecule has 0 saturated heterocycles. The van der Waals surface area contributed by atoms with Gasteiger partial charge in [0.1, 0.15) is 12.4 Å². The second-order valence-electron chi connectivity index (χ2n) is 4.62. The lowest BCUT2D eigenvalue weighted by Gasteiger charge is -2.10. The van der Waals surface area contributed by atoms with Gasteiger partial charge in [-0.3, -0.25) is 4.79 Å². The minimum absolute atomic E-state index is 0.218. The van der Waals surface area contributed by atoms with Crippen LogP contribution in [0.4, 0.5) is 0 Å². The molecule has 2 aromatic rings. The highest BCUT2D eigenvalue weighted by molar-refractivity contribution is 6.35. The molecule has 1 heterocycles. The number of carbonyl (C=O) groups is 1. The minimum atomic E-state index is -0.218. The number of hydrogen-bond donors (Lipinski definition) is 1. The number of aryl methyl sites for hydroxylation is 1. The predicted molar refractivity (Wildman–Crippen MR) is 86.8 cm³/mol. The zero-order chi connectivity index (χ0) is 15.9. The number of ether oxygens (including phenoxy) is 1. The molecule has 0 atom stereocenters. The third kappa shape index (κ3) is 4.39. The molecule has 0 spiro atoms. The molecule has 0 bridgehead atoms. The van der Waals surface area contributed by atoms with E-state index in [1.165, 1.54) is 0 Å². The van der Waals surface area contributed by atoms with Gasteiger partial charge in [0.25, 0.3) is 5.91 Å². The van der Waals surface area contributed by atoms with Gasteiger partial charge in [0.15, 0.2) is 5.82 Å². The van der Waals surface area contributed by atoms with Crippen LogP contribution >= 0.6 is 23.2 Å². The maximum absolute atomic E-state index is 12.0. The van der Waals surface area contributed by atoms with Gasteiger partial charge in [-0.2, -0.15) is 0 Å². The number of halogens is 2. The molecule has 1 N–H and O–H groups in total. The number of nitrogens with one attached hydrogen (secondary N) is 1. The van der Waals surface area contributed by atoms with Crippen molar-refractivity contribution in [2.45, 2.75) is 19.9 Å². The van der Waals surface area contributed by atoms with Crippen molar-refractivity contribution >= 4 is 29.1 Å². The van der Waals surface area contributed by atoms with Crippen molar-refractivity contribution in [3.05, 3.63) is 46.5 Å². The van der Waals surface area contributed by atoms with E-state index in [0.29, 0.717) is 34.8 Å². The molecule has 2 rings (SSSR count). The quantitative estimate of drug-likeness (QED) is 0.785. The summed E-state index contributed by atoms with van der Waals surface area (Å²) in [4.78, 5) is 16.1. The Morgan fingerprint density at radius 2 is 2.23 bits per heavy atom. The number of rotatable bonds is 7. The number of imidazole rings is 1. The van der Waals surface area contributed by atoms with E-state index >= 15 is 0 Å². The van der Waals surface area contributed by atoms with E-state index in [9.17, 15) is 4.79 Å². The van der Waals surface area contributed by atoms with Gasteiger partial charge in [0, 0.05) is 24.0 Å². The maximum Gasteiger partial charge on any atom is 0.287 e. The van der Waals surface area contributed by atoms with E-state index in [4.69, 9.17) is 27.9 Å². The first-order valence-electron chi connectivity index (χ1n) is 6.99. The van der Waals surface area contributed by atoms with Crippen LogP contribution in [0.15, 0.2) is 30.6 Å². The zero-order valence-corrected chi connectivity index (χ0v) is 13.7. The molecule has 7 heteroatoms. The summed E-state index contributed by atoms with van der Waals surface area (Å²) in [5.41, 5.74) is 0. The Bertz CT molecular complexity index is 643. The van der Waals surface area contributed by atoms with Gasteiger partial charge >= 0.3 is 0 Å². The summed E-state index contributed by atoms with van der Waals surface area (Å²) in [6.07, 6.45) is 4.35. The van der Waals surface area contributed by atoms with Crippen LogP contribution in [0.2, 0.25) is 10.0 Å². The van der Waals surface area contributed by atoms with Gasteiger partial charge in [0.2, 0.25) is 0 Å². The molecule has 0 saturated carbocycles.